The minimum Gasteiger partial charge on any atom is -0.497 e. The quantitative estimate of drug-likeness (QED) is 0.376. The van der Waals surface area contributed by atoms with Crippen molar-refractivity contribution in [2.45, 2.75) is 51.6 Å². The molecular formula is C24H32N8O. The first-order valence-electron chi connectivity index (χ1n) is 11.6. The summed E-state index contributed by atoms with van der Waals surface area (Å²) < 4.78 is 5.24. The Labute approximate surface area is 195 Å². The van der Waals surface area contributed by atoms with E-state index in [1.807, 2.05) is 48.3 Å². The number of hydrogen-bond acceptors (Lipinski definition) is 7. The lowest BCUT2D eigenvalue weighted by atomic mass is 10.1. The zero-order valence-corrected chi connectivity index (χ0v) is 19.6. The molecule has 1 saturated carbocycles. The van der Waals surface area contributed by atoms with Gasteiger partial charge in [-0.1, -0.05) is 6.92 Å². The standard InChI is InChI=1S/C24H32N8O/c1-4-31-13-5-6-19(15-31)28-22-14-17(2)27-24(30-22)32(20-9-10-20)23(26-16-25)29-18-7-11-21(33-3)12-8-18/h7-8,11-12,14,19-20H,4-6,9-10,13,15H2,1-3H3,(H,26,29)(H,27,28,30). The molecule has 0 spiro atoms. The summed E-state index contributed by atoms with van der Waals surface area (Å²) in [5.74, 6) is 2.56. The number of aromatic nitrogens is 2. The zero-order valence-electron chi connectivity index (χ0n) is 19.6. The Morgan fingerprint density at radius 2 is 2.06 bits per heavy atom. The van der Waals surface area contributed by atoms with Crippen LogP contribution in [0.4, 0.5) is 17.5 Å². The van der Waals surface area contributed by atoms with E-state index in [1.54, 1.807) is 7.11 Å². The minimum absolute atomic E-state index is 0.211. The lowest BCUT2D eigenvalue weighted by molar-refractivity contribution is 0.226. The summed E-state index contributed by atoms with van der Waals surface area (Å²) in [6.45, 7) is 7.41. The van der Waals surface area contributed by atoms with E-state index < -0.39 is 0 Å². The van der Waals surface area contributed by atoms with Gasteiger partial charge in [0, 0.05) is 36.1 Å². The van der Waals surface area contributed by atoms with E-state index in [1.165, 1.54) is 6.42 Å². The van der Waals surface area contributed by atoms with Crippen molar-refractivity contribution in [3.63, 3.8) is 0 Å². The smallest absolute Gasteiger partial charge is 0.234 e. The van der Waals surface area contributed by atoms with Gasteiger partial charge in [-0.2, -0.15) is 10.2 Å². The number of benzene rings is 1. The summed E-state index contributed by atoms with van der Waals surface area (Å²) in [5, 5.41) is 16.3. The molecule has 1 aliphatic heterocycles. The number of likely N-dealkylation sites (tertiary alicyclic amines) is 1. The Kier molecular flexibility index (Phi) is 7.25. The highest BCUT2D eigenvalue weighted by atomic mass is 16.5. The van der Waals surface area contributed by atoms with Crippen LogP contribution in [-0.4, -0.2) is 59.7 Å². The van der Waals surface area contributed by atoms with E-state index >= 15 is 0 Å². The van der Waals surface area contributed by atoms with Crippen molar-refractivity contribution >= 4 is 23.4 Å². The zero-order chi connectivity index (χ0) is 23.2. The molecule has 9 nitrogen and oxygen atoms in total. The lowest BCUT2D eigenvalue weighted by Gasteiger charge is -2.32. The van der Waals surface area contributed by atoms with Gasteiger partial charge in [0.25, 0.3) is 0 Å². The second kappa shape index (κ2) is 10.5. The molecule has 2 aliphatic rings. The molecule has 174 valence electrons. The summed E-state index contributed by atoms with van der Waals surface area (Å²) in [7, 11) is 1.63. The molecule has 1 aliphatic carbocycles. The molecule has 1 saturated heterocycles. The molecule has 0 amide bonds. The van der Waals surface area contributed by atoms with Crippen LogP contribution in [0.1, 0.15) is 38.3 Å². The average molecular weight is 449 g/mol. The fraction of sp³-hybridized carbons (Fsp3) is 0.500. The topological polar surface area (TPSA) is 102 Å². The minimum atomic E-state index is 0.211. The number of piperidine rings is 1. The van der Waals surface area contributed by atoms with Crippen LogP contribution in [0, 0.1) is 18.4 Å². The summed E-state index contributed by atoms with van der Waals surface area (Å²) in [6, 6.07) is 10.1. The molecule has 1 atom stereocenters. The maximum atomic E-state index is 9.39. The fourth-order valence-corrected chi connectivity index (χ4v) is 4.16. The van der Waals surface area contributed by atoms with Crippen LogP contribution in [0.2, 0.25) is 0 Å². The number of nitrogens with one attached hydrogen (secondary N) is 2. The third kappa shape index (κ3) is 5.90. The summed E-state index contributed by atoms with van der Waals surface area (Å²) >= 11 is 0. The van der Waals surface area contributed by atoms with Gasteiger partial charge >= 0.3 is 0 Å². The number of hydrogen-bond donors (Lipinski definition) is 2. The monoisotopic (exact) mass is 448 g/mol. The molecule has 1 aromatic heterocycles. The number of aryl methyl sites for hydroxylation is 1. The number of likely N-dealkylation sites (N-methyl/N-ethyl adjacent to an activating group) is 1. The first-order chi connectivity index (χ1) is 16.1. The van der Waals surface area contributed by atoms with Crippen molar-refractivity contribution in [1.29, 1.82) is 5.26 Å². The molecular weight excluding hydrogens is 416 g/mol. The number of methoxy groups -OCH3 is 1. The fourth-order valence-electron chi connectivity index (χ4n) is 4.16. The maximum absolute atomic E-state index is 9.39. The van der Waals surface area contributed by atoms with Gasteiger partial charge in [-0.3, -0.25) is 4.90 Å². The Morgan fingerprint density at radius 1 is 1.27 bits per heavy atom. The molecule has 2 heterocycles. The van der Waals surface area contributed by atoms with Crippen LogP contribution in [0.5, 0.6) is 5.75 Å². The van der Waals surface area contributed by atoms with E-state index in [0.717, 1.165) is 61.8 Å². The number of ether oxygens (including phenoxy) is 1. The first kappa shape index (κ1) is 22.8. The van der Waals surface area contributed by atoms with Crippen molar-refractivity contribution in [3.05, 3.63) is 36.0 Å². The molecule has 4 rings (SSSR count). The van der Waals surface area contributed by atoms with Crippen LogP contribution >= 0.6 is 0 Å². The van der Waals surface area contributed by atoms with Gasteiger partial charge in [0.2, 0.25) is 18.1 Å². The average Bonchev–Trinajstić information content (AvgIpc) is 3.65. The van der Waals surface area contributed by atoms with Crippen LogP contribution in [0.3, 0.4) is 0 Å². The highest BCUT2D eigenvalue weighted by molar-refractivity contribution is 6.05. The normalized spacial score (nSPS) is 19.0. The highest BCUT2D eigenvalue weighted by Crippen LogP contribution is 2.32. The molecule has 2 fully saturated rings. The third-order valence-corrected chi connectivity index (χ3v) is 6.00. The van der Waals surface area contributed by atoms with Crippen molar-refractivity contribution in [1.82, 2.24) is 14.9 Å². The highest BCUT2D eigenvalue weighted by Gasteiger charge is 2.35. The predicted molar refractivity (Wildman–Crippen MR) is 131 cm³/mol. The van der Waals surface area contributed by atoms with Crippen LogP contribution in [0.25, 0.3) is 0 Å². The van der Waals surface area contributed by atoms with Gasteiger partial charge in [-0.15, -0.1) is 4.99 Å². The number of nitrogens with zero attached hydrogens (tertiary/aromatic N) is 6. The molecule has 0 bridgehead atoms. The second-order valence-electron chi connectivity index (χ2n) is 8.56. The van der Waals surface area contributed by atoms with Gasteiger partial charge < -0.3 is 20.3 Å². The van der Waals surface area contributed by atoms with E-state index in [-0.39, 0.29) is 6.04 Å². The second-order valence-corrected chi connectivity index (χ2v) is 8.56. The molecule has 2 N–H and O–H groups in total. The lowest BCUT2D eigenvalue weighted by Crippen LogP contribution is -2.42. The van der Waals surface area contributed by atoms with Crippen LogP contribution in [-0.2, 0) is 0 Å². The first-order valence-corrected chi connectivity index (χ1v) is 11.6. The molecule has 1 unspecified atom stereocenters. The van der Waals surface area contributed by atoms with E-state index in [0.29, 0.717) is 17.9 Å². The van der Waals surface area contributed by atoms with Crippen molar-refractivity contribution < 1.29 is 4.74 Å². The molecule has 33 heavy (non-hydrogen) atoms. The summed E-state index contributed by atoms with van der Waals surface area (Å²) in [4.78, 5) is 18.1. The van der Waals surface area contributed by atoms with E-state index in [9.17, 15) is 5.26 Å². The maximum Gasteiger partial charge on any atom is 0.234 e. The number of aliphatic imine (C=N–C) groups is 1. The Hall–Kier alpha value is -3.38. The summed E-state index contributed by atoms with van der Waals surface area (Å²) in [5.41, 5.74) is 1.68. The van der Waals surface area contributed by atoms with E-state index in [4.69, 9.17) is 14.7 Å². The van der Waals surface area contributed by atoms with Crippen LogP contribution in [0.15, 0.2) is 35.3 Å². The van der Waals surface area contributed by atoms with Crippen molar-refractivity contribution in [3.8, 4) is 11.9 Å². The molecule has 1 aromatic carbocycles. The SMILES string of the molecule is CCN1CCCC(Nc2cc(C)nc(N(/C(=N\C#N)Nc3ccc(OC)cc3)C3CC3)n2)C1. The van der Waals surface area contributed by atoms with Crippen molar-refractivity contribution in [2.24, 2.45) is 4.99 Å². The predicted octanol–water partition coefficient (Wildman–Crippen LogP) is 3.61. The number of rotatable bonds is 7. The Morgan fingerprint density at radius 3 is 2.73 bits per heavy atom. The number of anilines is 3. The van der Waals surface area contributed by atoms with Gasteiger partial charge in [0.1, 0.15) is 11.6 Å². The largest absolute Gasteiger partial charge is 0.497 e. The molecule has 9 heteroatoms. The third-order valence-electron chi connectivity index (χ3n) is 6.00. The molecule has 2 aromatic rings. The number of nitriles is 1. The molecule has 0 radical (unpaired) electrons. The Balaban J connectivity index is 1.58. The van der Waals surface area contributed by atoms with Gasteiger partial charge in [-0.25, -0.2) is 4.98 Å². The van der Waals surface area contributed by atoms with Gasteiger partial charge in [0.15, 0.2) is 0 Å². The van der Waals surface area contributed by atoms with Gasteiger partial charge in [-0.05, 0) is 70.0 Å². The van der Waals surface area contributed by atoms with Gasteiger partial charge in [0.05, 0.1) is 7.11 Å². The Bertz CT molecular complexity index is 1010. The summed E-state index contributed by atoms with van der Waals surface area (Å²) in [6.07, 6.45) is 6.25. The number of guanidine groups is 1. The van der Waals surface area contributed by atoms with E-state index in [2.05, 4.69) is 27.4 Å². The van der Waals surface area contributed by atoms with Crippen molar-refractivity contribution in [2.75, 3.05) is 42.3 Å². The van der Waals surface area contributed by atoms with Crippen LogP contribution < -0.4 is 20.3 Å².